The van der Waals surface area contributed by atoms with Gasteiger partial charge >= 0.3 is 0 Å². The molecule has 0 amide bonds. The Labute approximate surface area is 97.8 Å². The molecule has 0 radical (unpaired) electrons. The van der Waals surface area contributed by atoms with E-state index in [9.17, 15) is 0 Å². The minimum Gasteiger partial charge on any atom is -0.349 e. The van der Waals surface area contributed by atoms with Gasteiger partial charge in [-0.15, -0.1) is 5.10 Å². The monoisotopic (exact) mass is 270 g/mol. The Morgan fingerprint density at radius 2 is 2.40 bits per heavy atom. The molecule has 5 heteroatoms. The van der Waals surface area contributed by atoms with Crippen LogP contribution in [0.1, 0.15) is 19.8 Å². The molecule has 2 bridgehead atoms. The Bertz CT molecular complexity index is 369. The zero-order chi connectivity index (χ0) is 10.5. The average molecular weight is 271 g/mol. The molecule has 1 saturated carbocycles. The molecule has 0 atom stereocenters. The zero-order valence-electron chi connectivity index (χ0n) is 8.86. The van der Waals surface area contributed by atoms with Gasteiger partial charge in [-0.25, -0.2) is 4.68 Å². The third kappa shape index (κ3) is 1.19. The second-order valence-electron chi connectivity index (χ2n) is 4.65. The van der Waals surface area contributed by atoms with E-state index in [2.05, 4.69) is 38.1 Å². The number of aromatic nitrogens is 3. The van der Waals surface area contributed by atoms with E-state index < -0.39 is 0 Å². The minimum atomic E-state index is 0.360. The number of nitrogens with zero attached hydrogens (tertiary/aromatic N) is 4. The first-order chi connectivity index (χ1) is 7.29. The van der Waals surface area contributed by atoms with Gasteiger partial charge in [0.2, 0.25) is 0 Å². The summed E-state index contributed by atoms with van der Waals surface area (Å²) in [6.07, 6.45) is 4.55. The first-order valence-corrected chi connectivity index (χ1v) is 6.63. The highest BCUT2D eigenvalue weighted by Crippen LogP contribution is 2.52. The quantitative estimate of drug-likeness (QED) is 0.784. The number of hydrogen-bond donors (Lipinski definition) is 0. The van der Waals surface area contributed by atoms with Gasteiger partial charge in [0.15, 0.2) is 0 Å². The van der Waals surface area contributed by atoms with E-state index in [-0.39, 0.29) is 0 Å². The summed E-state index contributed by atoms with van der Waals surface area (Å²) in [5, 5.41) is 9.18. The number of hydrogen-bond acceptors (Lipinski definition) is 3. The lowest BCUT2D eigenvalue weighted by Crippen LogP contribution is -2.48. The fourth-order valence-corrected chi connectivity index (χ4v) is 3.78. The van der Waals surface area contributed by atoms with Crippen LogP contribution in [0.15, 0.2) is 6.20 Å². The van der Waals surface area contributed by atoms with Gasteiger partial charge in [0.25, 0.3) is 0 Å². The number of halogens is 1. The van der Waals surface area contributed by atoms with Crippen molar-refractivity contribution < 1.29 is 0 Å². The van der Waals surface area contributed by atoms with Gasteiger partial charge in [0, 0.05) is 18.4 Å². The van der Waals surface area contributed by atoms with E-state index >= 15 is 0 Å². The van der Waals surface area contributed by atoms with Gasteiger partial charge in [-0.3, -0.25) is 0 Å². The second-order valence-corrected chi connectivity index (χ2v) is 5.21. The molecule has 1 aliphatic carbocycles. The highest BCUT2D eigenvalue weighted by molar-refractivity contribution is 9.09. The van der Waals surface area contributed by atoms with Crippen molar-refractivity contribution >= 4 is 21.7 Å². The summed E-state index contributed by atoms with van der Waals surface area (Å²) in [5.41, 5.74) is 0.360. The van der Waals surface area contributed by atoms with E-state index in [0.29, 0.717) is 5.54 Å². The summed E-state index contributed by atoms with van der Waals surface area (Å²) in [7, 11) is 0. The topological polar surface area (TPSA) is 34.0 Å². The summed E-state index contributed by atoms with van der Waals surface area (Å²) >= 11 is 3.65. The summed E-state index contributed by atoms with van der Waals surface area (Å²) in [5.74, 6) is 2.08. The lowest BCUT2D eigenvalue weighted by atomic mass is 9.75. The van der Waals surface area contributed by atoms with Gasteiger partial charge in [0.1, 0.15) is 5.82 Å². The molecule has 0 aromatic carbocycles. The molecular weight excluding hydrogens is 256 g/mol. The Morgan fingerprint density at radius 3 is 3.07 bits per heavy atom. The third-order valence-electron chi connectivity index (χ3n) is 3.77. The van der Waals surface area contributed by atoms with Crippen molar-refractivity contribution in [1.82, 2.24) is 15.0 Å². The SMILES string of the molecule is CCn1nncc1N1CC2CC1(CBr)C2. The Hall–Kier alpha value is -0.580. The maximum Gasteiger partial charge on any atom is 0.147 e. The summed E-state index contributed by atoms with van der Waals surface area (Å²) < 4.78 is 1.99. The summed E-state index contributed by atoms with van der Waals surface area (Å²) in [6, 6.07) is 0. The van der Waals surface area contributed by atoms with Crippen LogP contribution in [-0.4, -0.2) is 32.4 Å². The van der Waals surface area contributed by atoms with Crippen LogP contribution >= 0.6 is 15.9 Å². The van der Waals surface area contributed by atoms with Crippen LogP contribution in [0.5, 0.6) is 0 Å². The first-order valence-electron chi connectivity index (χ1n) is 5.51. The first kappa shape index (κ1) is 9.63. The van der Waals surface area contributed by atoms with E-state index in [1.165, 1.54) is 25.2 Å². The maximum atomic E-state index is 4.11. The van der Waals surface area contributed by atoms with Crippen LogP contribution in [0.25, 0.3) is 0 Å². The van der Waals surface area contributed by atoms with Crippen molar-refractivity contribution in [2.24, 2.45) is 5.92 Å². The van der Waals surface area contributed by atoms with Crippen LogP contribution in [0, 0.1) is 5.92 Å². The highest BCUT2D eigenvalue weighted by atomic mass is 79.9. The summed E-state index contributed by atoms with van der Waals surface area (Å²) in [4.78, 5) is 2.50. The summed E-state index contributed by atoms with van der Waals surface area (Å²) in [6.45, 7) is 4.19. The van der Waals surface area contributed by atoms with E-state index in [4.69, 9.17) is 0 Å². The van der Waals surface area contributed by atoms with Gasteiger partial charge < -0.3 is 4.90 Å². The van der Waals surface area contributed by atoms with Crippen LogP contribution in [0.4, 0.5) is 5.82 Å². The van der Waals surface area contributed by atoms with Crippen molar-refractivity contribution in [2.45, 2.75) is 31.8 Å². The molecule has 4 rings (SSSR count). The Morgan fingerprint density at radius 1 is 1.60 bits per heavy atom. The predicted molar refractivity (Wildman–Crippen MR) is 62.3 cm³/mol. The molecule has 15 heavy (non-hydrogen) atoms. The van der Waals surface area contributed by atoms with Crippen molar-refractivity contribution in [1.29, 1.82) is 0 Å². The largest absolute Gasteiger partial charge is 0.349 e. The van der Waals surface area contributed by atoms with Crippen molar-refractivity contribution in [3.63, 3.8) is 0 Å². The fraction of sp³-hybridized carbons (Fsp3) is 0.800. The molecule has 82 valence electrons. The molecule has 2 aliphatic heterocycles. The number of anilines is 1. The number of aryl methyl sites for hydroxylation is 1. The average Bonchev–Trinajstić information content (AvgIpc) is 2.87. The fourth-order valence-electron chi connectivity index (χ4n) is 3.02. The second kappa shape index (κ2) is 3.20. The van der Waals surface area contributed by atoms with E-state index in [1.807, 2.05) is 10.9 Å². The van der Waals surface area contributed by atoms with Crippen LogP contribution in [0.2, 0.25) is 0 Å². The molecule has 0 spiro atoms. The van der Waals surface area contributed by atoms with E-state index in [1.54, 1.807) is 0 Å². The van der Waals surface area contributed by atoms with Gasteiger partial charge in [-0.05, 0) is 25.7 Å². The zero-order valence-corrected chi connectivity index (χ0v) is 10.4. The molecule has 1 aromatic heterocycles. The van der Waals surface area contributed by atoms with Crippen LogP contribution in [0.3, 0.4) is 0 Å². The van der Waals surface area contributed by atoms with Crippen molar-refractivity contribution in [3.8, 4) is 0 Å². The molecule has 0 unspecified atom stereocenters. The van der Waals surface area contributed by atoms with E-state index in [0.717, 1.165) is 17.8 Å². The van der Waals surface area contributed by atoms with Crippen molar-refractivity contribution in [2.75, 3.05) is 16.8 Å². The standard InChI is InChI=1S/C10H15BrN4/c1-2-15-9(5-12-13-15)14-6-8-3-10(14,4-8)7-11/h5,8H,2-4,6-7H2,1H3. The van der Waals surface area contributed by atoms with Crippen molar-refractivity contribution in [3.05, 3.63) is 6.20 Å². The Kier molecular flexibility index (Phi) is 2.06. The number of rotatable bonds is 3. The predicted octanol–water partition coefficient (Wildman–Crippen LogP) is 1.66. The normalized spacial score (nSPS) is 33.2. The molecule has 2 saturated heterocycles. The van der Waals surface area contributed by atoms with Gasteiger partial charge in [-0.1, -0.05) is 21.1 Å². The van der Waals surface area contributed by atoms with Crippen LogP contribution < -0.4 is 4.90 Å². The molecule has 4 nitrogen and oxygen atoms in total. The molecule has 1 aromatic rings. The van der Waals surface area contributed by atoms with Crippen LogP contribution in [-0.2, 0) is 6.54 Å². The smallest absolute Gasteiger partial charge is 0.147 e. The third-order valence-corrected chi connectivity index (χ3v) is 4.82. The lowest BCUT2D eigenvalue weighted by molar-refractivity contribution is 0.273. The molecule has 3 fully saturated rings. The molecular formula is C10H15BrN4. The molecule has 3 aliphatic rings. The maximum absolute atomic E-state index is 4.11. The van der Waals surface area contributed by atoms with Gasteiger partial charge in [0.05, 0.1) is 11.7 Å². The Balaban J connectivity index is 1.94. The molecule has 0 N–H and O–H groups in total. The minimum absolute atomic E-state index is 0.360. The number of fused-ring (bicyclic) bond motifs is 1. The number of alkyl halides is 1. The molecule has 3 heterocycles. The van der Waals surface area contributed by atoms with Gasteiger partial charge in [-0.2, -0.15) is 0 Å². The highest BCUT2D eigenvalue weighted by Gasteiger charge is 2.56. The lowest BCUT2D eigenvalue weighted by Gasteiger charge is -2.41.